The Bertz CT molecular complexity index is 972. The number of aromatic nitrogens is 1. The van der Waals surface area contributed by atoms with E-state index in [4.69, 9.17) is 4.74 Å². The molecule has 0 fully saturated rings. The Labute approximate surface area is 171 Å². The van der Waals surface area contributed by atoms with Crippen molar-refractivity contribution >= 4 is 28.3 Å². The molecular formula is C21H20FN3O3S. The first-order valence-electron chi connectivity index (χ1n) is 8.94. The molecule has 150 valence electrons. The topological polar surface area (TPSA) is 80.3 Å². The number of anilines is 1. The van der Waals surface area contributed by atoms with Gasteiger partial charge in [0.15, 0.2) is 5.13 Å². The van der Waals surface area contributed by atoms with E-state index < -0.39 is 5.82 Å². The zero-order valence-corrected chi connectivity index (χ0v) is 16.6. The molecule has 3 aromatic rings. The Balaban J connectivity index is 1.44. The lowest BCUT2D eigenvalue weighted by Gasteiger charge is -2.05. The van der Waals surface area contributed by atoms with E-state index in [1.807, 2.05) is 24.3 Å². The lowest BCUT2D eigenvalue weighted by molar-refractivity contribution is -0.120. The van der Waals surface area contributed by atoms with Gasteiger partial charge < -0.3 is 10.1 Å². The number of methoxy groups -OCH3 is 1. The van der Waals surface area contributed by atoms with E-state index in [-0.39, 0.29) is 18.2 Å². The average Bonchev–Trinajstić information content (AvgIpc) is 3.15. The normalized spacial score (nSPS) is 10.4. The number of halogens is 1. The van der Waals surface area contributed by atoms with Crippen LogP contribution in [0.1, 0.15) is 21.6 Å². The van der Waals surface area contributed by atoms with Crippen LogP contribution < -0.4 is 15.4 Å². The van der Waals surface area contributed by atoms with Crippen LogP contribution in [0.25, 0.3) is 0 Å². The maximum Gasteiger partial charge on any atom is 0.257 e. The van der Waals surface area contributed by atoms with Crippen molar-refractivity contribution in [2.24, 2.45) is 0 Å². The van der Waals surface area contributed by atoms with Crippen molar-refractivity contribution < 1.29 is 18.7 Å². The molecule has 0 radical (unpaired) electrons. The van der Waals surface area contributed by atoms with E-state index in [1.165, 1.54) is 35.6 Å². The molecule has 29 heavy (non-hydrogen) atoms. The van der Waals surface area contributed by atoms with Gasteiger partial charge in [-0.15, -0.1) is 11.3 Å². The monoisotopic (exact) mass is 413 g/mol. The average molecular weight is 413 g/mol. The summed E-state index contributed by atoms with van der Waals surface area (Å²) in [6.45, 7) is 0.517. The molecule has 1 heterocycles. The van der Waals surface area contributed by atoms with E-state index in [0.717, 1.165) is 11.3 Å². The number of carbonyl (C=O) groups is 2. The van der Waals surface area contributed by atoms with Gasteiger partial charge in [0.25, 0.3) is 5.91 Å². The zero-order chi connectivity index (χ0) is 20.6. The molecule has 0 aliphatic rings. The van der Waals surface area contributed by atoms with Crippen molar-refractivity contribution in [3.63, 3.8) is 0 Å². The van der Waals surface area contributed by atoms with Gasteiger partial charge in [-0.2, -0.15) is 0 Å². The number of ether oxygens (including phenoxy) is 1. The minimum Gasteiger partial charge on any atom is -0.497 e. The molecule has 8 heteroatoms. The van der Waals surface area contributed by atoms with Crippen molar-refractivity contribution in [2.75, 3.05) is 19.0 Å². The Morgan fingerprint density at radius 3 is 2.52 bits per heavy atom. The minimum absolute atomic E-state index is 0.130. The van der Waals surface area contributed by atoms with Gasteiger partial charge in [0.2, 0.25) is 5.91 Å². The summed E-state index contributed by atoms with van der Waals surface area (Å²) >= 11 is 1.23. The summed E-state index contributed by atoms with van der Waals surface area (Å²) in [5, 5.41) is 7.63. The highest BCUT2D eigenvalue weighted by molar-refractivity contribution is 7.14. The van der Waals surface area contributed by atoms with Crippen molar-refractivity contribution in [1.29, 1.82) is 0 Å². The van der Waals surface area contributed by atoms with E-state index >= 15 is 0 Å². The number of carbonyl (C=O) groups excluding carboxylic acids is 2. The van der Waals surface area contributed by atoms with Crippen LogP contribution in [0.15, 0.2) is 53.9 Å². The molecule has 6 nitrogen and oxygen atoms in total. The summed E-state index contributed by atoms with van der Waals surface area (Å²) in [6, 6.07) is 12.9. The highest BCUT2D eigenvalue weighted by Gasteiger charge is 2.11. The first kappa shape index (κ1) is 20.5. The van der Waals surface area contributed by atoms with Gasteiger partial charge in [-0.05, 0) is 48.4 Å². The van der Waals surface area contributed by atoms with Gasteiger partial charge in [-0.3, -0.25) is 14.9 Å². The summed E-state index contributed by atoms with van der Waals surface area (Å²) in [5.74, 6) is -0.130. The molecule has 0 atom stereocenters. The first-order valence-corrected chi connectivity index (χ1v) is 9.82. The third kappa shape index (κ3) is 6.11. The predicted molar refractivity (Wildman–Crippen MR) is 110 cm³/mol. The maximum atomic E-state index is 12.9. The molecule has 0 saturated heterocycles. The molecule has 2 N–H and O–H groups in total. The van der Waals surface area contributed by atoms with Gasteiger partial charge in [0, 0.05) is 17.5 Å². The SMILES string of the molecule is COc1ccc(CCNC(=O)Cc2csc(NC(=O)c3ccc(F)cc3)n2)cc1. The molecule has 0 aliphatic heterocycles. The molecular weight excluding hydrogens is 393 g/mol. The van der Waals surface area contributed by atoms with Crippen LogP contribution >= 0.6 is 11.3 Å². The summed E-state index contributed by atoms with van der Waals surface area (Å²) in [6.07, 6.45) is 0.845. The highest BCUT2D eigenvalue weighted by Crippen LogP contribution is 2.17. The van der Waals surface area contributed by atoms with Gasteiger partial charge in [-0.25, -0.2) is 9.37 Å². The Morgan fingerprint density at radius 1 is 1.10 bits per heavy atom. The van der Waals surface area contributed by atoms with Crippen LogP contribution in [0.2, 0.25) is 0 Å². The van der Waals surface area contributed by atoms with E-state index in [2.05, 4.69) is 15.6 Å². The number of hydrogen-bond donors (Lipinski definition) is 2. The Kier molecular flexibility index (Phi) is 6.91. The van der Waals surface area contributed by atoms with Crippen LogP contribution in [0.4, 0.5) is 9.52 Å². The predicted octanol–water partition coefficient (Wildman–Crippen LogP) is 3.44. The largest absolute Gasteiger partial charge is 0.497 e. The standard InChI is InChI=1S/C21H20FN3O3S/c1-28-18-8-2-14(3-9-18)10-11-23-19(26)12-17-13-29-21(24-17)25-20(27)15-4-6-16(22)7-5-15/h2-9,13H,10-12H2,1H3,(H,23,26)(H,24,25,27). The van der Waals surface area contributed by atoms with Gasteiger partial charge >= 0.3 is 0 Å². The molecule has 3 rings (SSSR count). The maximum absolute atomic E-state index is 12.9. The molecule has 0 aliphatic carbocycles. The third-order valence-electron chi connectivity index (χ3n) is 4.12. The summed E-state index contributed by atoms with van der Waals surface area (Å²) in [5.41, 5.74) is 2.01. The number of nitrogens with zero attached hydrogens (tertiary/aromatic N) is 1. The fourth-order valence-electron chi connectivity index (χ4n) is 2.58. The second-order valence-electron chi connectivity index (χ2n) is 6.23. The number of hydrogen-bond acceptors (Lipinski definition) is 5. The number of benzene rings is 2. The van der Waals surface area contributed by atoms with Gasteiger partial charge in [-0.1, -0.05) is 12.1 Å². The van der Waals surface area contributed by atoms with Gasteiger partial charge in [0.05, 0.1) is 19.2 Å². The number of thiazole rings is 1. The number of rotatable bonds is 8. The molecule has 2 aromatic carbocycles. The molecule has 2 amide bonds. The van der Waals surface area contributed by atoms with E-state index in [1.54, 1.807) is 12.5 Å². The third-order valence-corrected chi connectivity index (χ3v) is 4.92. The van der Waals surface area contributed by atoms with Crippen molar-refractivity contribution in [2.45, 2.75) is 12.8 Å². The molecule has 0 saturated carbocycles. The van der Waals surface area contributed by atoms with Crippen LogP contribution in [-0.4, -0.2) is 30.5 Å². The number of amides is 2. The summed E-state index contributed by atoms with van der Waals surface area (Å²) in [7, 11) is 1.62. The summed E-state index contributed by atoms with van der Waals surface area (Å²) < 4.78 is 18.0. The highest BCUT2D eigenvalue weighted by atomic mass is 32.1. The summed E-state index contributed by atoms with van der Waals surface area (Å²) in [4.78, 5) is 28.5. The minimum atomic E-state index is -0.406. The number of nitrogens with one attached hydrogen (secondary N) is 2. The fraction of sp³-hybridized carbons (Fsp3) is 0.190. The first-order chi connectivity index (χ1) is 14.0. The van der Waals surface area contributed by atoms with E-state index in [9.17, 15) is 14.0 Å². The smallest absolute Gasteiger partial charge is 0.257 e. The van der Waals surface area contributed by atoms with Crippen LogP contribution in [-0.2, 0) is 17.6 Å². The van der Waals surface area contributed by atoms with Crippen LogP contribution in [0.3, 0.4) is 0 Å². The van der Waals surface area contributed by atoms with Crippen molar-refractivity contribution in [3.8, 4) is 5.75 Å². The lowest BCUT2D eigenvalue weighted by atomic mass is 10.1. The second-order valence-corrected chi connectivity index (χ2v) is 7.09. The fourth-order valence-corrected chi connectivity index (χ4v) is 3.29. The molecule has 0 spiro atoms. The molecule has 1 aromatic heterocycles. The molecule has 0 bridgehead atoms. The van der Waals surface area contributed by atoms with Crippen LogP contribution in [0.5, 0.6) is 5.75 Å². The Morgan fingerprint density at radius 2 is 1.83 bits per heavy atom. The van der Waals surface area contributed by atoms with E-state index in [0.29, 0.717) is 29.4 Å². The Hall–Kier alpha value is -3.26. The lowest BCUT2D eigenvalue weighted by Crippen LogP contribution is -2.27. The quantitative estimate of drug-likeness (QED) is 0.593. The zero-order valence-electron chi connectivity index (χ0n) is 15.8. The van der Waals surface area contributed by atoms with Crippen molar-refractivity contribution in [3.05, 3.63) is 76.5 Å². The molecule has 0 unspecified atom stereocenters. The van der Waals surface area contributed by atoms with Gasteiger partial charge in [0.1, 0.15) is 11.6 Å². The van der Waals surface area contributed by atoms with Crippen molar-refractivity contribution in [1.82, 2.24) is 10.3 Å². The van der Waals surface area contributed by atoms with Crippen LogP contribution in [0, 0.1) is 5.82 Å². The second kappa shape index (κ2) is 9.79.